The molecule has 2 fully saturated rings. The molecule has 14 nitrogen and oxygen atoms in total. The minimum atomic E-state index is -1.77. The van der Waals surface area contributed by atoms with Gasteiger partial charge in [-0.15, -0.1) is 11.3 Å². The predicted molar refractivity (Wildman–Crippen MR) is 223 cm³/mol. The predicted octanol–water partition coefficient (Wildman–Crippen LogP) is 7.39. The molecule has 3 aromatic heterocycles. The second-order valence-electron chi connectivity index (χ2n) is 16.6. The van der Waals surface area contributed by atoms with Crippen LogP contribution in [0.15, 0.2) is 48.7 Å². The Morgan fingerprint density at radius 1 is 0.842 bits per heavy atom. The summed E-state index contributed by atoms with van der Waals surface area (Å²) in [6, 6.07) is 13.8. The van der Waals surface area contributed by atoms with Crippen molar-refractivity contribution < 1.29 is 28.7 Å². The number of alkyl carbamates (subject to hydrolysis) is 2. The number of ether oxygens (including phenoxy) is 2. The van der Waals surface area contributed by atoms with E-state index in [9.17, 15) is 19.2 Å². The number of methoxy groups -OCH3 is 2. The van der Waals surface area contributed by atoms with Gasteiger partial charge in [0.15, 0.2) is 0 Å². The number of aromatic nitrogens is 4. The molecular formula is C41H52N8O6SSi. The lowest BCUT2D eigenvalue weighted by Crippen LogP contribution is -2.52. The standard InChI is InChI=1S/C41H52N8O6SSi/c1-22(2)33(46-40(52)54-5)38(50)48-17-9-10-29(48)36-42-19-28(44-36)32-16-15-31(56-32)25-11-13-26-24(18-25)12-14-27-35(26)45-37(43-27)30-20-57(7,8)21-49(30)39(51)34(23(3)4)47-41(53)55-6/h11-16,18-19,22-23,29-30,33-34H,9-10,17,20-21H2,1-8H3,(H,42,44)(H,43,45)(H,46,52)(H,47,53)/t29?,30-,33?,34?/m0/s1. The van der Waals surface area contributed by atoms with Gasteiger partial charge in [-0.1, -0.05) is 59.0 Å². The number of hydrogen-bond donors (Lipinski definition) is 4. The largest absolute Gasteiger partial charge is 0.453 e. The Balaban J connectivity index is 1.11. The number of likely N-dealkylation sites (tertiary alicyclic amines) is 1. The van der Waals surface area contributed by atoms with Gasteiger partial charge in [0.1, 0.15) is 23.7 Å². The molecule has 2 aliphatic rings. The molecule has 5 heterocycles. The van der Waals surface area contributed by atoms with E-state index in [2.05, 4.69) is 76.2 Å². The van der Waals surface area contributed by atoms with E-state index in [1.165, 1.54) is 14.2 Å². The SMILES string of the molecule is COC(=O)NC(C(=O)N1CCCC1c1ncc(-c2ccc(-c3ccc4c(ccc5[nH]c([C@@H]6C[Si](C)(C)CN6C(=O)C(NC(=O)OC)C(C)C)nc54)c3)s2)[nH]1)C(C)C. The number of H-pyrrole nitrogens is 2. The van der Waals surface area contributed by atoms with Crippen molar-refractivity contribution in [2.75, 3.05) is 26.9 Å². The third kappa shape index (κ3) is 8.01. The smallest absolute Gasteiger partial charge is 0.407 e. The lowest BCUT2D eigenvalue weighted by molar-refractivity contribution is -0.136. The number of nitrogens with one attached hydrogen (secondary N) is 4. The second kappa shape index (κ2) is 16.0. The van der Waals surface area contributed by atoms with Crippen LogP contribution in [0.4, 0.5) is 9.59 Å². The van der Waals surface area contributed by atoms with E-state index in [0.29, 0.717) is 12.7 Å². The quantitative estimate of drug-likeness (QED) is 0.106. The van der Waals surface area contributed by atoms with Crippen LogP contribution in [0.1, 0.15) is 64.3 Å². The summed E-state index contributed by atoms with van der Waals surface area (Å²) in [5, 5.41) is 7.53. The van der Waals surface area contributed by atoms with E-state index in [1.54, 1.807) is 11.3 Å². The van der Waals surface area contributed by atoms with Crippen LogP contribution >= 0.6 is 11.3 Å². The summed E-state index contributed by atoms with van der Waals surface area (Å²) in [6.07, 6.45) is 2.89. The number of hydrogen-bond acceptors (Lipinski definition) is 9. The zero-order valence-corrected chi connectivity index (χ0v) is 35.6. The first kappa shape index (κ1) is 40.0. The van der Waals surface area contributed by atoms with Crippen molar-refractivity contribution in [2.24, 2.45) is 11.8 Å². The van der Waals surface area contributed by atoms with Crippen molar-refractivity contribution in [1.82, 2.24) is 40.4 Å². The molecule has 2 saturated heterocycles. The van der Waals surface area contributed by atoms with Crippen LogP contribution < -0.4 is 10.6 Å². The normalized spacial score (nSPS) is 19.1. The van der Waals surface area contributed by atoms with Gasteiger partial charge in [0.25, 0.3) is 0 Å². The number of nitrogens with zero attached hydrogens (tertiary/aromatic N) is 4. The Labute approximate surface area is 337 Å². The Morgan fingerprint density at radius 3 is 2.18 bits per heavy atom. The molecule has 57 heavy (non-hydrogen) atoms. The maximum Gasteiger partial charge on any atom is 0.407 e. The van der Waals surface area contributed by atoms with Gasteiger partial charge in [-0.05, 0) is 65.9 Å². The molecule has 0 saturated carbocycles. The Bertz CT molecular complexity index is 2320. The third-order valence-electron chi connectivity index (χ3n) is 11.2. The summed E-state index contributed by atoms with van der Waals surface area (Å²) in [6.45, 7) is 12.8. The Morgan fingerprint density at radius 2 is 1.51 bits per heavy atom. The number of amides is 4. The number of carbonyl (C=O) groups is 4. The molecule has 0 radical (unpaired) electrons. The fraction of sp³-hybridized carbons (Fsp3) is 0.463. The van der Waals surface area contributed by atoms with Crippen molar-refractivity contribution in [1.29, 1.82) is 0 Å². The van der Waals surface area contributed by atoms with Crippen molar-refractivity contribution in [3.8, 4) is 21.0 Å². The van der Waals surface area contributed by atoms with Crippen LogP contribution in [0.5, 0.6) is 0 Å². The summed E-state index contributed by atoms with van der Waals surface area (Å²) in [5.41, 5.74) is 3.73. The maximum atomic E-state index is 14.0. The lowest BCUT2D eigenvalue weighted by atomic mass is 10.0. The van der Waals surface area contributed by atoms with Crippen molar-refractivity contribution in [3.05, 3.63) is 60.3 Å². The molecule has 2 aromatic carbocycles. The van der Waals surface area contributed by atoms with Crippen LogP contribution in [-0.2, 0) is 19.1 Å². The van der Waals surface area contributed by atoms with E-state index in [0.717, 1.165) is 73.4 Å². The topological polar surface area (TPSA) is 175 Å². The van der Waals surface area contributed by atoms with E-state index in [1.807, 2.05) is 43.7 Å². The summed E-state index contributed by atoms with van der Waals surface area (Å²) in [5.74, 6) is 1.01. The number of imidazole rings is 2. The highest BCUT2D eigenvalue weighted by Gasteiger charge is 2.46. The molecule has 7 rings (SSSR count). The number of thiophene rings is 1. The Hall–Kier alpha value is -5.22. The molecule has 0 spiro atoms. The molecular weight excluding hydrogens is 761 g/mol. The molecule has 3 unspecified atom stereocenters. The highest BCUT2D eigenvalue weighted by atomic mass is 32.1. The van der Waals surface area contributed by atoms with E-state index in [4.69, 9.17) is 19.4 Å². The zero-order valence-electron chi connectivity index (χ0n) is 33.8. The zero-order chi connectivity index (χ0) is 40.8. The first-order chi connectivity index (χ1) is 27.2. The highest BCUT2D eigenvalue weighted by molar-refractivity contribution is 7.18. The molecule has 302 valence electrons. The van der Waals surface area contributed by atoms with Crippen molar-refractivity contribution in [3.63, 3.8) is 0 Å². The molecule has 2 aliphatic heterocycles. The van der Waals surface area contributed by atoms with Gasteiger partial charge >= 0.3 is 12.2 Å². The van der Waals surface area contributed by atoms with Gasteiger partial charge in [0.2, 0.25) is 11.8 Å². The van der Waals surface area contributed by atoms with Crippen LogP contribution in [0.2, 0.25) is 19.1 Å². The van der Waals surface area contributed by atoms with Crippen molar-refractivity contribution in [2.45, 2.75) is 83.8 Å². The van der Waals surface area contributed by atoms with Gasteiger partial charge in [0.05, 0.1) is 62.2 Å². The number of carbonyl (C=O) groups excluding carboxylic acids is 4. The summed E-state index contributed by atoms with van der Waals surface area (Å²) >= 11 is 1.66. The number of aromatic amines is 2. The molecule has 4 atom stereocenters. The lowest BCUT2D eigenvalue weighted by Gasteiger charge is -2.30. The summed E-state index contributed by atoms with van der Waals surface area (Å²) in [4.78, 5) is 74.5. The first-order valence-corrected chi connectivity index (χ1v) is 23.8. The van der Waals surface area contributed by atoms with Crippen LogP contribution in [0.3, 0.4) is 0 Å². The fourth-order valence-corrected chi connectivity index (χ4v) is 12.1. The molecule has 4 N–H and O–H groups in total. The minimum absolute atomic E-state index is 0.108. The van der Waals surface area contributed by atoms with Gasteiger partial charge in [-0.2, -0.15) is 0 Å². The minimum Gasteiger partial charge on any atom is -0.453 e. The van der Waals surface area contributed by atoms with E-state index >= 15 is 0 Å². The van der Waals surface area contributed by atoms with E-state index in [-0.39, 0.29) is 35.7 Å². The van der Waals surface area contributed by atoms with Gasteiger partial charge in [-0.3, -0.25) is 9.59 Å². The Kier molecular flexibility index (Phi) is 11.2. The molecule has 4 amide bonds. The molecule has 0 bridgehead atoms. The van der Waals surface area contributed by atoms with Crippen molar-refractivity contribution >= 4 is 65.2 Å². The monoisotopic (exact) mass is 812 g/mol. The third-order valence-corrected chi connectivity index (χ3v) is 15.0. The van der Waals surface area contributed by atoms with Crippen LogP contribution in [0.25, 0.3) is 42.8 Å². The van der Waals surface area contributed by atoms with E-state index < -0.39 is 32.3 Å². The molecule has 0 aliphatic carbocycles. The fourth-order valence-electron chi connectivity index (χ4n) is 8.22. The molecule has 5 aromatic rings. The average molecular weight is 813 g/mol. The number of fused-ring (bicyclic) bond motifs is 3. The van der Waals surface area contributed by atoms with Gasteiger partial charge in [-0.25, -0.2) is 19.6 Å². The number of benzene rings is 2. The average Bonchev–Trinajstić information content (AvgIpc) is 4.03. The second-order valence-corrected chi connectivity index (χ2v) is 22.8. The van der Waals surface area contributed by atoms with Crippen LogP contribution in [0, 0.1) is 11.8 Å². The summed E-state index contributed by atoms with van der Waals surface area (Å²) < 4.78 is 9.60. The van der Waals surface area contributed by atoms with Gasteiger partial charge < -0.3 is 39.9 Å². The van der Waals surface area contributed by atoms with Gasteiger partial charge in [0, 0.05) is 23.0 Å². The molecule has 16 heteroatoms. The maximum absolute atomic E-state index is 14.0. The highest BCUT2D eigenvalue weighted by Crippen LogP contribution is 2.41. The van der Waals surface area contributed by atoms with Crippen LogP contribution in [-0.4, -0.2) is 101 Å². The number of rotatable bonds is 10. The summed E-state index contributed by atoms with van der Waals surface area (Å²) in [7, 11) is 0.820. The first-order valence-electron chi connectivity index (χ1n) is 19.6.